The van der Waals surface area contributed by atoms with Crippen LogP contribution in [0.15, 0.2) is 48.5 Å². The average molecular weight is 329 g/mol. The molecule has 0 radical (unpaired) electrons. The van der Waals surface area contributed by atoms with Crippen molar-refractivity contribution in [2.24, 2.45) is 0 Å². The maximum absolute atomic E-state index is 12.3. The van der Waals surface area contributed by atoms with E-state index in [1.165, 1.54) is 5.56 Å². The Morgan fingerprint density at radius 2 is 1.73 bits per heavy atom. The minimum absolute atomic E-state index is 0.181. The van der Waals surface area contributed by atoms with Gasteiger partial charge in [0.05, 0.1) is 5.69 Å². The number of benzene rings is 2. The second-order valence-electron chi connectivity index (χ2n) is 4.99. The van der Waals surface area contributed by atoms with Gasteiger partial charge in [-0.15, -0.1) is 0 Å². The molecular formula is C17H17N2OS2-. The van der Waals surface area contributed by atoms with Gasteiger partial charge in [-0.1, -0.05) is 59.0 Å². The Morgan fingerprint density at radius 3 is 2.32 bits per heavy atom. The number of para-hydroxylation sites is 1. The van der Waals surface area contributed by atoms with Crippen LogP contribution in [-0.2, 0) is 0 Å². The van der Waals surface area contributed by atoms with Crippen molar-refractivity contribution in [1.29, 1.82) is 0 Å². The lowest BCUT2D eigenvalue weighted by atomic mass is 10.0. The van der Waals surface area contributed by atoms with Crippen molar-refractivity contribution >= 4 is 38.3 Å². The lowest BCUT2D eigenvalue weighted by Crippen LogP contribution is -2.47. The predicted octanol–water partition coefficient (Wildman–Crippen LogP) is 2.96. The zero-order valence-electron chi connectivity index (χ0n) is 12.7. The molecule has 22 heavy (non-hydrogen) atoms. The molecule has 0 heterocycles. The van der Waals surface area contributed by atoms with Crippen LogP contribution in [0.3, 0.4) is 0 Å². The molecule has 0 saturated heterocycles. The highest BCUT2D eigenvalue weighted by Crippen LogP contribution is 2.31. The van der Waals surface area contributed by atoms with E-state index >= 15 is 0 Å². The first kappa shape index (κ1) is 16.6. The van der Waals surface area contributed by atoms with Crippen molar-refractivity contribution < 1.29 is 5.11 Å². The number of nitrogens with zero attached hydrogens (tertiary/aromatic N) is 2. The Labute approximate surface area is 139 Å². The highest BCUT2D eigenvalue weighted by atomic mass is 32.1. The SMILES string of the molecule is Cc1ccc(-c2ccccc2N(C([O-])=S=C=S)N(C)C)cc1. The van der Waals surface area contributed by atoms with E-state index in [9.17, 15) is 5.11 Å². The summed E-state index contributed by atoms with van der Waals surface area (Å²) in [6.07, 6.45) is 0. The zero-order valence-corrected chi connectivity index (χ0v) is 14.4. The second kappa shape index (κ2) is 7.49. The van der Waals surface area contributed by atoms with Gasteiger partial charge >= 0.3 is 0 Å². The Bertz CT molecular complexity index is 744. The summed E-state index contributed by atoms with van der Waals surface area (Å²) >= 11 is 4.67. The number of hydrazine groups is 1. The van der Waals surface area contributed by atoms with Crippen LogP contribution in [0.4, 0.5) is 5.69 Å². The first-order chi connectivity index (χ1) is 10.5. The molecular weight excluding hydrogens is 312 g/mol. The molecule has 0 aromatic heterocycles. The van der Waals surface area contributed by atoms with Gasteiger partial charge in [0.1, 0.15) is 0 Å². The van der Waals surface area contributed by atoms with E-state index in [1.54, 1.807) is 10.0 Å². The van der Waals surface area contributed by atoms with E-state index in [2.05, 4.69) is 47.7 Å². The third kappa shape index (κ3) is 3.71. The molecule has 0 aliphatic carbocycles. The van der Waals surface area contributed by atoms with Crippen LogP contribution >= 0.6 is 23.2 Å². The molecule has 0 aliphatic rings. The number of rotatable bonds is 3. The van der Waals surface area contributed by atoms with Crippen LogP contribution in [0.25, 0.3) is 11.1 Å². The largest absolute Gasteiger partial charge is 0.804 e. The van der Waals surface area contributed by atoms with E-state index < -0.39 is 0 Å². The van der Waals surface area contributed by atoms with Crippen molar-refractivity contribution in [3.63, 3.8) is 0 Å². The molecule has 3 nitrogen and oxygen atoms in total. The monoisotopic (exact) mass is 329 g/mol. The topological polar surface area (TPSA) is 29.5 Å². The van der Waals surface area contributed by atoms with Crippen LogP contribution in [0.1, 0.15) is 5.56 Å². The van der Waals surface area contributed by atoms with Crippen LogP contribution in [0.2, 0.25) is 0 Å². The van der Waals surface area contributed by atoms with Gasteiger partial charge in [-0.25, -0.2) is 5.01 Å². The van der Waals surface area contributed by atoms with Gasteiger partial charge in [-0.3, -0.25) is 5.01 Å². The molecule has 0 aliphatic heterocycles. The smallest absolute Gasteiger partial charge is 0.0649 e. The standard InChI is InChI=1S/C17H18N2OS2/c1-13-8-10-14(11-9-13)15-6-4-5-7-16(15)19(18(2)3)17(20)22-12-21/h4-11,20H,1-3H3/p-1. The number of anilines is 1. The maximum Gasteiger partial charge on any atom is 0.0649 e. The first-order valence-corrected chi connectivity index (χ1v) is 7.98. The van der Waals surface area contributed by atoms with Crippen LogP contribution in [0.5, 0.6) is 0 Å². The Kier molecular flexibility index (Phi) is 5.66. The summed E-state index contributed by atoms with van der Waals surface area (Å²) in [4.78, 5) is 0. The highest BCUT2D eigenvalue weighted by molar-refractivity contribution is 8.04. The predicted molar refractivity (Wildman–Crippen MR) is 98.0 cm³/mol. The lowest BCUT2D eigenvalue weighted by Gasteiger charge is -2.36. The molecule has 0 atom stereocenters. The zero-order chi connectivity index (χ0) is 16.1. The number of hydrogen-bond acceptors (Lipinski definition) is 3. The van der Waals surface area contributed by atoms with E-state index in [-0.39, 0.29) is 5.17 Å². The van der Waals surface area contributed by atoms with E-state index in [0.717, 1.165) is 27.8 Å². The molecule has 0 unspecified atom stereocenters. The lowest BCUT2D eigenvalue weighted by molar-refractivity contribution is -0.214. The van der Waals surface area contributed by atoms with E-state index in [0.29, 0.717) is 0 Å². The minimum atomic E-state index is -0.181. The van der Waals surface area contributed by atoms with Crippen molar-refractivity contribution in [3.8, 4) is 11.1 Å². The highest BCUT2D eigenvalue weighted by Gasteiger charge is 2.13. The number of thiocarbonyl (C=S) groups is 1. The third-order valence-electron chi connectivity index (χ3n) is 3.20. The molecule has 0 fully saturated rings. The van der Waals surface area contributed by atoms with E-state index in [4.69, 9.17) is 0 Å². The molecule has 0 spiro atoms. The van der Waals surface area contributed by atoms with Crippen LogP contribution in [-0.4, -0.2) is 28.6 Å². The normalized spacial score (nSPS) is 10.2. The molecule has 2 aromatic carbocycles. The molecule has 0 bridgehead atoms. The summed E-state index contributed by atoms with van der Waals surface area (Å²) in [6.45, 7) is 2.05. The first-order valence-electron chi connectivity index (χ1n) is 6.76. The molecule has 2 aromatic rings. The summed E-state index contributed by atoms with van der Waals surface area (Å²) in [5.41, 5.74) is 4.08. The Balaban J connectivity index is 2.62. The maximum atomic E-state index is 12.3. The fourth-order valence-corrected chi connectivity index (χ4v) is 2.82. The number of hydrogen-bond donors (Lipinski definition) is 0. The van der Waals surface area contributed by atoms with Gasteiger partial charge in [-0.2, -0.15) is 0 Å². The van der Waals surface area contributed by atoms with Crippen molar-refractivity contribution in [3.05, 3.63) is 54.1 Å². The van der Waals surface area contributed by atoms with Gasteiger partial charge in [0.15, 0.2) is 0 Å². The van der Waals surface area contributed by atoms with Gasteiger partial charge in [0.2, 0.25) is 0 Å². The van der Waals surface area contributed by atoms with Gasteiger partial charge in [0.25, 0.3) is 0 Å². The fourth-order valence-electron chi connectivity index (χ4n) is 2.19. The second-order valence-corrected chi connectivity index (χ2v) is 6.21. The van der Waals surface area contributed by atoms with Crippen LogP contribution in [0, 0.1) is 6.92 Å². The summed E-state index contributed by atoms with van der Waals surface area (Å²) in [5.74, 6) is 0. The molecule has 0 N–H and O–H groups in total. The molecule has 2 rings (SSSR count). The molecule has 5 heteroatoms. The summed E-state index contributed by atoms with van der Waals surface area (Å²) in [5, 5.41) is 15.5. The summed E-state index contributed by atoms with van der Waals surface area (Å²) in [6, 6.07) is 16.1. The van der Waals surface area contributed by atoms with Crippen LogP contribution < -0.4 is 10.1 Å². The van der Waals surface area contributed by atoms with Gasteiger partial charge in [0, 0.05) is 29.1 Å². The van der Waals surface area contributed by atoms with Gasteiger partial charge < -0.3 is 5.11 Å². The van der Waals surface area contributed by atoms with Crippen molar-refractivity contribution in [2.75, 3.05) is 19.1 Å². The summed E-state index contributed by atoms with van der Waals surface area (Å²) in [7, 11) is 4.53. The minimum Gasteiger partial charge on any atom is -0.804 e. The number of aryl methyl sites for hydroxylation is 1. The summed E-state index contributed by atoms with van der Waals surface area (Å²) < 4.78 is 2.42. The fraction of sp³-hybridized carbons (Fsp3) is 0.176. The molecule has 0 saturated carbocycles. The van der Waals surface area contributed by atoms with E-state index in [1.807, 2.05) is 38.4 Å². The van der Waals surface area contributed by atoms with Gasteiger partial charge in [-0.05, 0) is 30.8 Å². The quantitative estimate of drug-likeness (QED) is 0.640. The average Bonchev–Trinajstić information content (AvgIpc) is 2.49. The third-order valence-corrected chi connectivity index (χ3v) is 3.88. The Morgan fingerprint density at radius 1 is 1.09 bits per heavy atom. The Hall–Kier alpha value is -1.75. The molecule has 0 amide bonds. The van der Waals surface area contributed by atoms with Crippen molar-refractivity contribution in [1.82, 2.24) is 5.01 Å². The van der Waals surface area contributed by atoms with Crippen molar-refractivity contribution in [2.45, 2.75) is 6.92 Å². The molecule has 114 valence electrons.